The molecular formula is C12H15ClN4O2. The van der Waals surface area contributed by atoms with Gasteiger partial charge in [0.1, 0.15) is 0 Å². The molecule has 1 aromatic carbocycles. The molecular weight excluding hydrogens is 268 g/mol. The lowest BCUT2D eigenvalue weighted by Gasteiger charge is -2.03. The number of nitrogens with two attached hydrogens (primary N) is 1. The van der Waals surface area contributed by atoms with Crippen LogP contribution in [0.5, 0.6) is 0 Å². The van der Waals surface area contributed by atoms with E-state index in [1.54, 1.807) is 19.1 Å². The van der Waals surface area contributed by atoms with Crippen LogP contribution in [0, 0.1) is 6.92 Å². The highest BCUT2D eigenvalue weighted by Gasteiger charge is 2.07. The summed E-state index contributed by atoms with van der Waals surface area (Å²) in [6.07, 6.45) is 0. The van der Waals surface area contributed by atoms with E-state index in [4.69, 9.17) is 10.3 Å². The molecule has 19 heavy (non-hydrogen) atoms. The minimum atomic E-state index is -0.186. The van der Waals surface area contributed by atoms with Crippen LogP contribution in [0.1, 0.15) is 27.6 Å². The molecule has 0 saturated carbocycles. The molecule has 102 valence electrons. The summed E-state index contributed by atoms with van der Waals surface area (Å²) < 4.78 is 4.89. The molecule has 0 atom stereocenters. The Balaban J connectivity index is 0.00000180. The molecule has 0 bridgehead atoms. The van der Waals surface area contributed by atoms with Crippen molar-refractivity contribution in [1.82, 2.24) is 15.5 Å². The topological polar surface area (TPSA) is 94.0 Å². The summed E-state index contributed by atoms with van der Waals surface area (Å²) >= 11 is 0. The minimum Gasteiger partial charge on any atom is -0.343 e. The summed E-state index contributed by atoms with van der Waals surface area (Å²) in [4.78, 5) is 15.8. The quantitative estimate of drug-likeness (QED) is 0.878. The Morgan fingerprint density at radius 1 is 1.37 bits per heavy atom. The summed E-state index contributed by atoms with van der Waals surface area (Å²) in [5.41, 5.74) is 7.04. The number of nitrogens with zero attached hydrogens (tertiary/aromatic N) is 2. The van der Waals surface area contributed by atoms with Crippen molar-refractivity contribution in [2.75, 3.05) is 0 Å². The van der Waals surface area contributed by atoms with Gasteiger partial charge in [0.25, 0.3) is 5.91 Å². The van der Waals surface area contributed by atoms with Gasteiger partial charge in [-0.1, -0.05) is 17.3 Å². The second kappa shape index (κ2) is 6.86. The number of nitrogens with one attached hydrogen (secondary N) is 1. The Bertz CT molecular complexity index is 539. The second-order valence-corrected chi connectivity index (χ2v) is 3.82. The highest BCUT2D eigenvalue weighted by atomic mass is 35.5. The molecule has 0 spiro atoms. The van der Waals surface area contributed by atoms with Crippen LogP contribution in [0.3, 0.4) is 0 Å². The van der Waals surface area contributed by atoms with Crippen molar-refractivity contribution in [2.45, 2.75) is 20.0 Å². The third kappa shape index (κ3) is 4.04. The van der Waals surface area contributed by atoms with Crippen molar-refractivity contribution in [3.63, 3.8) is 0 Å². The zero-order chi connectivity index (χ0) is 13.0. The van der Waals surface area contributed by atoms with Gasteiger partial charge in [-0.2, -0.15) is 4.98 Å². The molecule has 7 heteroatoms. The average molecular weight is 283 g/mol. The molecule has 2 aromatic rings. The van der Waals surface area contributed by atoms with E-state index in [0.29, 0.717) is 23.8 Å². The van der Waals surface area contributed by atoms with E-state index in [9.17, 15) is 4.79 Å². The highest BCUT2D eigenvalue weighted by molar-refractivity contribution is 5.94. The number of aromatic nitrogens is 2. The number of hydrogen-bond acceptors (Lipinski definition) is 5. The second-order valence-electron chi connectivity index (χ2n) is 3.82. The molecule has 0 aliphatic rings. The first-order valence-electron chi connectivity index (χ1n) is 5.55. The summed E-state index contributed by atoms with van der Waals surface area (Å²) in [5, 5.41) is 6.34. The molecule has 1 heterocycles. The first-order valence-corrected chi connectivity index (χ1v) is 5.55. The summed E-state index contributed by atoms with van der Waals surface area (Å²) in [5.74, 6) is 0.750. The van der Waals surface area contributed by atoms with Crippen LogP contribution in [0.15, 0.2) is 28.8 Å². The van der Waals surface area contributed by atoms with Gasteiger partial charge in [-0.3, -0.25) is 4.79 Å². The molecule has 1 aromatic heterocycles. The maximum atomic E-state index is 11.8. The third-order valence-electron chi connectivity index (χ3n) is 2.42. The summed E-state index contributed by atoms with van der Waals surface area (Å²) in [6.45, 7) is 2.40. The van der Waals surface area contributed by atoms with Gasteiger partial charge in [0.15, 0.2) is 5.82 Å². The van der Waals surface area contributed by atoms with Gasteiger partial charge in [0, 0.05) is 12.1 Å². The normalized spacial score (nSPS) is 9.79. The summed E-state index contributed by atoms with van der Waals surface area (Å²) in [6, 6.07) is 7.12. The third-order valence-corrected chi connectivity index (χ3v) is 2.42. The predicted octanol–water partition coefficient (Wildman–Crippen LogP) is 1.19. The SMILES string of the molecule is Cc1noc(CNC(=O)c2ccc(CN)cc2)n1.Cl. The van der Waals surface area contributed by atoms with Crippen LogP contribution < -0.4 is 11.1 Å². The summed E-state index contributed by atoms with van der Waals surface area (Å²) in [7, 11) is 0. The number of carbonyl (C=O) groups is 1. The van der Waals surface area contributed by atoms with Gasteiger partial charge < -0.3 is 15.6 Å². The van der Waals surface area contributed by atoms with E-state index in [2.05, 4.69) is 15.5 Å². The Labute approximate surface area is 116 Å². The lowest BCUT2D eigenvalue weighted by molar-refractivity contribution is 0.0946. The molecule has 2 rings (SSSR count). The maximum absolute atomic E-state index is 11.8. The maximum Gasteiger partial charge on any atom is 0.251 e. The monoisotopic (exact) mass is 282 g/mol. The number of aryl methyl sites for hydroxylation is 1. The standard InChI is InChI=1S/C12H14N4O2.ClH/c1-8-15-11(18-16-8)7-14-12(17)10-4-2-9(6-13)3-5-10;/h2-5H,6-7,13H2,1H3,(H,14,17);1H. The number of halogens is 1. The first kappa shape index (κ1) is 15.1. The van der Waals surface area contributed by atoms with E-state index in [1.807, 2.05) is 12.1 Å². The zero-order valence-corrected chi connectivity index (χ0v) is 11.2. The fraction of sp³-hybridized carbons (Fsp3) is 0.250. The van der Waals surface area contributed by atoms with Crippen LogP contribution in [-0.4, -0.2) is 16.0 Å². The van der Waals surface area contributed by atoms with E-state index < -0.39 is 0 Å². The molecule has 0 saturated heterocycles. The molecule has 6 nitrogen and oxygen atoms in total. The molecule has 0 unspecified atom stereocenters. The number of hydrogen-bond donors (Lipinski definition) is 2. The largest absolute Gasteiger partial charge is 0.343 e. The van der Waals surface area contributed by atoms with E-state index >= 15 is 0 Å². The molecule has 0 fully saturated rings. The lowest BCUT2D eigenvalue weighted by atomic mass is 10.1. The average Bonchev–Trinajstić information content (AvgIpc) is 2.82. The van der Waals surface area contributed by atoms with Crippen molar-refractivity contribution in [3.8, 4) is 0 Å². The molecule has 0 aliphatic carbocycles. The Morgan fingerprint density at radius 2 is 2.05 bits per heavy atom. The molecule has 1 amide bonds. The number of amides is 1. The minimum absolute atomic E-state index is 0. The van der Waals surface area contributed by atoms with Crippen LogP contribution in [0.4, 0.5) is 0 Å². The van der Waals surface area contributed by atoms with Gasteiger partial charge in [0.2, 0.25) is 5.89 Å². The number of rotatable bonds is 4. The van der Waals surface area contributed by atoms with E-state index in [1.165, 1.54) is 0 Å². The Morgan fingerprint density at radius 3 is 2.58 bits per heavy atom. The fourth-order valence-electron chi connectivity index (χ4n) is 1.46. The highest BCUT2D eigenvalue weighted by Crippen LogP contribution is 2.04. The van der Waals surface area contributed by atoms with Crippen LogP contribution >= 0.6 is 12.4 Å². The van der Waals surface area contributed by atoms with Crippen molar-refractivity contribution in [1.29, 1.82) is 0 Å². The van der Waals surface area contributed by atoms with Gasteiger partial charge in [-0.05, 0) is 24.6 Å². The fourth-order valence-corrected chi connectivity index (χ4v) is 1.46. The van der Waals surface area contributed by atoms with Crippen molar-refractivity contribution in [3.05, 3.63) is 47.1 Å². The van der Waals surface area contributed by atoms with Gasteiger partial charge in [-0.25, -0.2) is 0 Å². The van der Waals surface area contributed by atoms with Gasteiger partial charge in [0.05, 0.1) is 6.54 Å². The lowest BCUT2D eigenvalue weighted by Crippen LogP contribution is -2.22. The van der Waals surface area contributed by atoms with Crippen LogP contribution in [0.25, 0.3) is 0 Å². The zero-order valence-electron chi connectivity index (χ0n) is 10.4. The predicted molar refractivity (Wildman–Crippen MR) is 71.8 cm³/mol. The van der Waals surface area contributed by atoms with Crippen molar-refractivity contribution >= 4 is 18.3 Å². The van der Waals surface area contributed by atoms with Gasteiger partial charge >= 0.3 is 0 Å². The van der Waals surface area contributed by atoms with E-state index in [-0.39, 0.29) is 24.9 Å². The number of carbonyl (C=O) groups excluding carboxylic acids is 1. The first-order chi connectivity index (χ1) is 8.69. The smallest absolute Gasteiger partial charge is 0.251 e. The van der Waals surface area contributed by atoms with Crippen LogP contribution in [-0.2, 0) is 13.1 Å². The molecule has 0 aliphatic heterocycles. The Kier molecular flexibility index (Phi) is 5.47. The Hall–Kier alpha value is -1.92. The van der Waals surface area contributed by atoms with Crippen LogP contribution in [0.2, 0.25) is 0 Å². The number of benzene rings is 1. The van der Waals surface area contributed by atoms with Crippen molar-refractivity contribution in [2.24, 2.45) is 5.73 Å². The van der Waals surface area contributed by atoms with Crippen molar-refractivity contribution < 1.29 is 9.32 Å². The molecule has 0 radical (unpaired) electrons. The van der Waals surface area contributed by atoms with E-state index in [0.717, 1.165) is 5.56 Å². The van der Waals surface area contributed by atoms with Gasteiger partial charge in [-0.15, -0.1) is 12.4 Å². The molecule has 3 N–H and O–H groups in total.